The smallest absolute Gasteiger partial charge is 0.410 e. The fourth-order valence-electron chi connectivity index (χ4n) is 4.98. The van der Waals surface area contributed by atoms with Gasteiger partial charge in [-0.25, -0.2) is 14.2 Å². The van der Waals surface area contributed by atoms with Crippen molar-refractivity contribution in [2.45, 2.75) is 49.8 Å². The number of benzene rings is 1. The predicted octanol–water partition coefficient (Wildman–Crippen LogP) is 6.34. The molecule has 0 bridgehead atoms. The lowest BCUT2D eigenvalue weighted by molar-refractivity contribution is -0.176. The second kappa shape index (κ2) is 7.85. The van der Waals surface area contributed by atoms with Crippen molar-refractivity contribution >= 4 is 35.4 Å². The zero-order valence-corrected chi connectivity index (χ0v) is 20.8. The summed E-state index contributed by atoms with van der Waals surface area (Å²) in [4.78, 5) is 16.6. The third kappa shape index (κ3) is 3.81. The van der Waals surface area contributed by atoms with Gasteiger partial charge in [-0.15, -0.1) is 0 Å². The number of hydrogen-bond acceptors (Lipinski definition) is 5. The number of pyridine rings is 1. The molecule has 0 radical (unpaired) electrons. The lowest BCUT2D eigenvalue weighted by Crippen LogP contribution is -2.61. The fourth-order valence-corrected chi connectivity index (χ4v) is 6.09. The molecule has 0 saturated carbocycles. The van der Waals surface area contributed by atoms with Crippen LogP contribution in [0.3, 0.4) is 0 Å². The van der Waals surface area contributed by atoms with E-state index in [-0.39, 0.29) is 41.9 Å². The van der Waals surface area contributed by atoms with Crippen LogP contribution in [0, 0.1) is 5.41 Å². The number of hydrogen-bond donors (Lipinski definition) is 1. The summed E-state index contributed by atoms with van der Waals surface area (Å²) < 4.78 is 51.5. The second-order valence-electron chi connectivity index (χ2n) is 10.3. The van der Waals surface area contributed by atoms with Gasteiger partial charge in [0.15, 0.2) is 4.75 Å². The lowest BCUT2D eigenvalue weighted by Gasteiger charge is -2.47. The molecule has 3 aliphatic heterocycles. The summed E-state index contributed by atoms with van der Waals surface area (Å²) >= 11 is 6.37. The van der Waals surface area contributed by atoms with E-state index in [1.54, 1.807) is 6.07 Å². The summed E-state index contributed by atoms with van der Waals surface area (Å²) in [5.41, 5.74) is 1.39. The number of aromatic nitrogens is 1. The van der Waals surface area contributed by atoms with Crippen molar-refractivity contribution in [1.29, 1.82) is 0 Å². The molecular formula is C24H23ClF3N3O3S. The monoisotopic (exact) mass is 525 g/mol. The summed E-state index contributed by atoms with van der Waals surface area (Å²) in [7, 11) is 0. The number of rotatable bonds is 2. The van der Waals surface area contributed by atoms with Crippen molar-refractivity contribution in [3.05, 3.63) is 63.9 Å². The molecule has 2 aromatic rings. The summed E-state index contributed by atoms with van der Waals surface area (Å²) in [5, 5.41) is 9.30. The van der Waals surface area contributed by atoms with Gasteiger partial charge in [-0.1, -0.05) is 50.6 Å². The SMILES string of the molecule is CC(C)(C)C1OC2(CN(C(=O)O)C2)c2ccc(C3=NSC(c4cccc(Cl)n4)(C(F)(F)F)C3)cc21. The van der Waals surface area contributed by atoms with E-state index in [1.165, 1.54) is 23.1 Å². The molecule has 1 saturated heterocycles. The number of alkyl halides is 3. The van der Waals surface area contributed by atoms with Crippen molar-refractivity contribution in [1.82, 2.24) is 9.88 Å². The number of likely N-dealkylation sites (tertiary alicyclic amines) is 1. The quantitative estimate of drug-likeness (QED) is 0.366. The van der Waals surface area contributed by atoms with Crippen molar-refractivity contribution in [2.24, 2.45) is 9.81 Å². The van der Waals surface area contributed by atoms with Crippen LogP contribution in [0.5, 0.6) is 0 Å². The molecule has 1 fully saturated rings. The van der Waals surface area contributed by atoms with E-state index in [4.69, 9.17) is 16.3 Å². The van der Waals surface area contributed by atoms with Gasteiger partial charge >= 0.3 is 12.3 Å². The van der Waals surface area contributed by atoms with Crippen LogP contribution in [-0.4, -0.2) is 46.1 Å². The highest BCUT2D eigenvalue weighted by molar-refractivity contribution is 7.99. The Bertz CT molecular complexity index is 1240. The van der Waals surface area contributed by atoms with Crippen molar-refractivity contribution in [3.8, 4) is 0 Å². The van der Waals surface area contributed by atoms with E-state index in [0.29, 0.717) is 23.2 Å². The molecule has 1 spiro atoms. The second-order valence-corrected chi connectivity index (χ2v) is 11.7. The average molecular weight is 526 g/mol. The Balaban J connectivity index is 1.51. The maximum atomic E-state index is 14.4. The van der Waals surface area contributed by atoms with Gasteiger partial charge in [0.2, 0.25) is 0 Å². The number of nitrogens with zero attached hydrogens (tertiary/aromatic N) is 3. The van der Waals surface area contributed by atoms with Crippen LogP contribution in [-0.2, 0) is 15.1 Å². The minimum absolute atomic E-state index is 0.0101. The number of ether oxygens (including phenoxy) is 1. The van der Waals surface area contributed by atoms with Gasteiger partial charge in [0.05, 0.1) is 30.6 Å². The normalized spacial score (nSPS) is 25.4. The van der Waals surface area contributed by atoms with E-state index in [2.05, 4.69) is 9.38 Å². The lowest BCUT2D eigenvalue weighted by atomic mass is 9.80. The maximum Gasteiger partial charge on any atom is 0.410 e. The molecule has 11 heteroatoms. The molecule has 2 atom stereocenters. The molecule has 1 amide bonds. The average Bonchev–Trinajstić information content (AvgIpc) is 3.33. The molecular weight excluding hydrogens is 503 g/mol. The van der Waals surface area contributed by atoms with E-state index in [0.717, 1.165) is 11.1 Å². The summed E-state index contributed by atoms with van der Waals surface area (Å²) in [6, 6.07) is 9.65. The molecule has 3 aliphatic rings. The Hall–Kier alpha value is -2.30. The summed E-state index contributed by atoms with van der Waals surface area (Å²) in [5.74, 6) is 0. The van der Waals surface area contributed by atoms with Crippen LogP contribution in [0.2, 0.25) is 5.15 Å². The molecule has 6 nitrogen and oxygen atoms in total. The standard InChI is InChI=1S/C24H23ClF3N3O3S/c1-21(2,3)19-14-9-13(7-8-15(14)22(34-19)11-31(12-22)20(32)33)16-10-23(35-30-16,24(26,27)28)17-5-4-6-18(25)29-17/h4-9,19H,10-12H2,1-3H3,(H,32,33). The molecule has 186 valence electrons. The number of fused-ring (bicyclic) bond motifs is 2. The third-order valence-electron chi connectivity index (χ3n) is 6.77. The Morgan fingerprint density at radius 3 is 2.54 bits per heavy atom. The van der Waals surface area contributed by atoms with Crippen LogP contribution in [0.4, 0.5) is 18.0 Å². The van der Waals surface area contributed by atoms with Gasteiger partial charge in [-0.05, 0) is 52.3 Å². The molecule has 35 heavy (non-hydrogen) atoms. The number of amides is 1. The van der Waals surface area contributed by atoms with Gasteiger partial charge in [0, 0.05) is 6.42 Å². The maximum absolute atomic E-state index is 14.4. The van der Waals surface area contributed by atoms with E-state index in [1.807, 2.05) is 32.9 Å². The Morgan fingerprint density at radius 2 is 1.94 bits per heavy atom. The first kappa shape index (κ1) is 24.4. The minimum Gasteiger partial charge on any atom is -0.465 e. The first-order chi connectivity index (χ1) is 16.3. The first-order valence-electron chi connectivity index (χ1n) is 11.0. The van der Waals surface area contributed by atoms with Crippen molar-refractivity contribution in [2.75, 3.05) is 13.1 Å². The van der Waals surface area contributed by atoms with Crippen LogP contribution in [0.15, 0.2) is 40.8 Å². The molecule has 2 unspecified atom stereocenters. The third-order valence-corrected chi connectivity index (χ3v) is 8.18. The zero-order chi connectivity index (χ0) is 25.4. The molecule has 1 N–H and O–H groups in total. The molecule has 0 aliphatic carbocycles. The summed E-state index contributed by atoms with van der Waals surface area (Å²) in [6.07, 6.45) is -6.34. The van der Waals surface area contributed by atoms with Gasteiger partial charge in [-0.2, -0.15) is 13.2 Å². The number of carbonyl (C=O) groups is 1. The first-order valence-corrected chi connectivity index (χ1v) is 12.2. The minimum atomic E-state index is -4.61. The molecule has 5 rings (SSSR count). The van der Waals surface area contributed by atoms with E-state index in [9.17, 15) is 23.1 Å². The number of carboxylic acid groups (broad SMARTS) is 1. The molecule has 1 aromatic heterocycles. The molecule has 1 aromatic carbocycles. The molecule has 4 heterocycles. The van der Waals surface area contributed by atoms with Crippen molar-refractivity contribution in [3.63, 3.8) is 0 Å². The topological polar surface area (TPSA) is 75.0 Å². The highest BCUT2D eigenvalue weighted by Crippen LogP contribution is 2.57. The van der Waals surface area contributed by atoms with Gasteiger partial charge < -0.3 is 14.7 Å². The van der Waals surface area contributed by atoms with Gasteiger partial charge in [0.25, 0.3) is 0 Å². The van der Waals surface area contributed by atoms with E-state index >= 15 is 0 Å². The Kier molecular flexibility index (Phi) is 5.47. The largest absolute Gasteiger partial charge is 0.465 e. The van der Waals surface area contributed by atoms with Crippen LogP contribution in [0.25, 0.3) is 0 Å². The predicted molar refractivity (Wildman–Crippen MR) is 127 cm³/mol. The van der Waals surface area contributed by atoms with E-state index < -0.39 is 22.6 Å². The van der Waals surface area contributed by atoms with Crippen LogP contribution >= 0.6 is 23.5 Å². The Morgan fingerprint density at radius 1 is 1.23 bits per heavy atom. The highest BCUT2D eigenvalue weighted by Gasteiger charge is 2.61. The summed E-state index contributed by atoms with van der Waals surface area (Å²) in [6.45, 7) is 6.49. The fraction of sp³-hybridized carbons (Fsp3) is 0.458. The zero-order valence-electron chi connectivity index (χ0n) is 19.2. The Labute approximate surface area is 209 Å². The van der Waals surface area contributed by atoms with Gasteiger partial charge in [-0.3, -0.25) is 0 Å². The van der Waals surface area contributed by atoms with Gasteiger partial charge in [0.1, 0.15) is 10.8 Å². The highest BCUT2D eigenvalue weighted by atomic mass is 35.5. The van der Waals surface area contributed by atoms with Crippen LogP contribution in [0.1, 0.15) is 55.7 Å². The van der Waals surface area contributed by atoms with Crippen molar-refractivity contribution < 1.29 is 27.8 Å². The number of halogens is 4. The van der Waals surface area contributed by atoms with Crippen LogP contribution < -0.4 is 0 Å².